The van der Waals surface area contributed by atoms with Gasteiger partial charge < -0.3 is 24.9 Å². The number of allylic oxidation sites excluding steroid dienone is 1. The molecule has 1 atom stereocenters. The highest BCUT2D eigenvalue weighted by atomic mass is 15.3. The highest BCUT2D eigenvalue weighted by Crippen LogP contribution is 2.36. The second-order valence-electron chi connectivity index (χ2n) is 10.00. The van der Waals surface area contributed by atoms with Crippen LogP contribution >= 0.6 is 0 Å². The lowest BCUT2D eigenvalue weighted by atomic mass is 9.95. The number of rotatable bonds is 4. The van der Waals surface area contributed by atoms with E-state index < -0.39 is 0 Å². The van der Waals surface area contributed by atoms with Crippen LogP contribution in [0.25, 0.3) is 6.08 Å². The number of nitrogens with zero attached hydrogens (tertiary/aromatic N) is 6. The summed E-state index contributed by atoms with van der Waals surface area (Å²) in [5, 5.41) is 3.41. The molecule has 0 radical (unpaired) electrons. The van der Waals surface area contributed by atoms with E-state index >= 15 is 0 Å². The van der Waals surface area contributed by atoms with Crippen LogP contribution in [0.4, 0.5) is 28.8 Å². The molecule has 7 heteroatoms. The van der Waals surface area contributed by atoms with Crippen molar-refractivity contribution in [1.82, 2.24) is 14.9 Å². The molecule has 4 heterocycles. The van der Waals surface area contributed by atoms with Gasteiger partial charge in [-0.25, -0.2) is 4.98 Å². The third-order valence-corrected chi connectivity index (χ3v) is 7.49. The van der Waals surface area contributed by atoms with Crippen LogP contribution in [0.2, 0.25) is 0 Å². The SMILES string of the molecule is C=C1C=Cc2cnc(Nc3ccc(N4CCN(C)CC4)cc3)nc2N1C1Cc2ccccc2N(C)C1. The Bertz CT molecular complexity index is 1290. The molecule has 0 bridgehead atoms. The molecule has 0 aliphatic carbocycles. The summed E-state index contributed by atoms with van der Waals surface area (Å²) in [5.41, 5.74) is 6.87. The second-order valence-corrected chi connectivity index (χ2v) is 10.00. The van der Waals surface area contributed by atoms with Crippen molar-refractivity contribution in [2.75, 3.05) is 66.8 Å². The first-order chi connectivity index (χ1) is 17.5. The first-order valence-electron chi connectivity index (χ1n) is 12.7. The lowest BCUT2D eigenvalue weighted by Gasteiger charge is -2.42. The van der Waals surface area contributed by atoms with Gasteiger partial charge in [0.05, 0.1) is 6.04 Å². The number of likely N-dealkylation sites (N-methyl/N-ethyl adjacent to an activating group) is 2. The number of anilines is 5. The van der Waals surface area contributed by atoms with Gasteiger partial charge in [-0.1, -0.05) is 24.8 Å². The normalized spacial score (nSPS) is 19.8. The Balaban J connectivity index is 1.23. The van der Waals surface area contributed by atoms with Crippen molar-refractivity contribution in [3.8, 4) is 0 Å². The van der Waals surface area contributed by atoms with Crippen LogP contribution in [0, 0.1) is 0 Å². The van der Waals surface area contributed by atoms with E-state index in [-0.39, 0.29) is 6.04 Å². The molecule has 3 aliphatic heterocycles. The van der Waals surface area contributed by atoms with Crippen LogP contribution in [-0.4, -0.2) is 67.7 Å². The topological polar surface area (TPSA) is 50.8 Å². The maximum Gasteiger partial charge on any atom is 0.229 e. The Morgan fingerprint density at radius 1 is 0.944 bits per heavy atom. The summed E-state index contributed by atoms with van der Waals surface area (Å²) in [7, 11) is 4.34. The summed E-state index contributed by atoms with van der Waals surface area (Å²) in [6, 6.07) is 17.5. The Kier molecular flexibility index (Phi) is 5.85. The van der Waals surface area contributed by atoms with Crippen molar-refractivity contribution in [3.05, 3.63) is 84.2 Å². The van der Waals surface area contributed by atoms with Crippen molar-refractivity contribution >= 4 is 34.9 Å². The average molecular weight is 480 g/mol. The Morgan fingerprint density at radius 3 is 2.53 bits per heavy atom. The summed E-state index contributed by atoms with van der Waals surface area (Å²) >= 11 is 0. The fourth-order valence-corrected chi connectivity index (χ4v) is 5.47. The number of aromatic nitrogens is 2. The molecule has 3 aliphatic rings. The Hall–Kier alpha value is -3.84. The first kappa shape index (κ1) is 22.6. The number of benzene rings is 2. The van der Waals surface area contributed by atoms with Gasteiger partial charge in [0.2, 0.25) is 5.95 Å². The molecule has 0 saturated carbocycles. The van der Waals surface area contributed by atoms with Gasteiger partial charge in [0.25, 0.3) is 0 Å². The minimum Gasteiger partial charge on any atom is -0.372 e. The van der Waals surface area contributed by atoms with E-state index in [1.807, 2.05) is 6.20 Å². The van der Waals surface area contributed by atoms with Gasteiger partial charge in [-0.05, 0) is 61.5 Å². The highest BCUT2D eigenvalue weighted by molar-refractivity contribution is 5.75. The largest absolute Gasteiger partial charge is 0.372 e. The number of para-hydroxylation sites is 1. The van der Waals surface area contributed by atoms with Crippen LogP contribution in [0.5, 0.6) is 0 Å². The number of hydrogen-bond acceptors (Lipinski definition) is 7. The number of piperazine rings is 1. The smallest absolute Gasteiger partial charge is 0.229 e. The first-order valence-corrected chi connectivity index (χ1v) is 12.7. The third-order valence-electron chi connectivity index (χ3n) is 7.49. The summed E-state index contributed by atoms with van der Waals surface area (Å²) in [5.74, 6) is 1.51. The van der Waals surface area contributed by atoms with E-state index in [0.717, 1.165) is 61.9 Å². The van der Waals surface area contributed by atoms with Gasteiger partial charge in [0, 0.05) is 74.3 Å². The van der Waals surface area contributed by atoms with Crippen molar-refractivity contribution in [2.45, 2.75) is 12.5 Å². The number of nitrogens with one attached hydrogen (secondary N) is 1. The lowest BCUT2D eigenvalue weighted by Crippen LogP contribution is -2.47. The second kappa shape index (κ2) is 9.32. The zero-order chi connectivity index (χ0) is 24.6. The van der Waals surface area contributed by atoms with Gasteiger partial charge in [-0.3, -0.25) is 0 Å². The summed E-state index contributed by atoms with van der Waals surface area (Å²) in [6.07, 6.45) is 6.98. The lowest BCUT2D eigenvalue weighted by molar-refractivity contribution is 0.313. The summed E-state index contributed by atoms with van der Waals surface area (Å²) in [4.78, 5) is 19.0. The maximum absolute atomic E-state index is 4.97. The Labute approximate surface area is 213 Å². The van der Waals surface area contributed by atoms with E-state index in [1.165, 1.54) is 16.9 Å². The van der Waals surface area contributed by atoms with Crippen LogP contribution in [0.3, 0.4) is 0 Å². The van der Waals surface area contributed by atoms with Gasteiger partial charge in [-0.15, -0.1) is 0 Å². The predicted octanol–water partition coefficient (Wildman–Crippen LogP) is 4.38. The van der Waals surface area contributed by atoms with Crippen LogP contribution < -0.4 is 20.0 Å². The zero-order valence-corrected chi connectivity index (χ0v) is 21.1. The fraction of sp³-hybridized carbons (Fsp3) is 0.310. The van der Waals surface area contributed by atoms with Crippen LogP contribution in [0.1, 0.15) is 11.1 Å². The van der Waals surface area contributed by atoms with Gasteiger partial charge >= 0.3 is 0 Å². The van der Waals surface area contributed by atoms with Crippen LogP contribution in [0.15, 0.2) is 73.1 Å². The standard InChI is InChI=1S/C29H33N7/c1-21-8-9-23-19-30-29(31-24-10-12-25(13-11-24)35-16-14-33(2)15-17-35)32-28(23)36(21)26-18-22-6-4-5-7-27(22)34(3)20-26/h4-13,19,26H,1,14-18,20H2,2-3H3,(H,30,31,32). The average Bonchev–Trinajstić information content (AvgIpc) is 2.89. The van der Waals surface area contributed by atoms with Gasteiger partial charge in [0.15, 0.2) is 0 Å². The molecule has 0 spiro atoms. The minimum absolute atomic E-state index is 0.242. The molecule has 1 unspecified atom stereocenters. The van der Waals surface area contributed by atoms with Crippen molar-refractivity contribution in [2.24, 2.45) is 0 Å². The van der Waals surface area contributed by atoms with Crippen LogP contribution in [-0.2, 0) is 6.42 Å². The van der Waals surface area contributed by atoms with Gasteiger partial charge in [-0.2, -0.15) is 4.98 Å². The molecular weight excluding hydrogens is 446 g/mol. The molecule has 7 nitrogen and oxygen atoms in total. The van der Waals surface area contributed by atoms with Crippen molar-refractivity contribution in [3.63, 3.8) is 0 Å². The Morgan fingerprint density at radius 2 is 1.72 bits per heavy atom. The molecule has 6 rings (SSSR count). The summed E-state index contributed by atoms with van der Waals surface area (Å²) in [6.45, 7) is 9.58. The molecule has 184 valence electrons. The molecule has 1 saturated heterocycles. The van der Waals surface area contributed by atoms with E-state index in [9.17, 15) is 0 Å². The van der Waals surface area contributed by atoms with Crippen molar-refractivity contribution < 1.29 is 0 Å². The van der Waals surface area contributed by atoms with Gasteiger partial charge in [0.1, 0.15) is 5.82 Å². The van der Waals surface area contributed by atoms with E-state index in [4.69, 9.17) is 4.98 Å². The van der Waals surface area contributed by atoms with E-state index in [2.05, 4.69) is 111 Å². The third kappa shape index (κ3) is 4.31. The molecule has 3 aromatic rings. The molecule has 1 fully saturated rings. The zero-order valence-electron chi connectivity index (χ0n) is 21.1. The quantitative estimate of drug-likeness (QED) is 0.596. The number of fused-ring (bicyclic) bond motifs is 2. The minimum atomic E-state index is 0.242. The number of hydrogen-bond donors (Lipinski definition) is 1. The molecular formula is C29H33N7. The van der Waals surface area contributed by atoms with Crippen molar-refractivity contribution in [1.29, 1.82) is 0 Å². The summed E-state index contributed by atoms with van der Waals surface area (Å²) < 4.78 is 0. The molecule has 1 aromatic heterocycles. The molecule has 36 heavy (non-hydrogen) atoms. The van der Waals surface area contributed by atoms with E-state index in [1.54, 1.807) is 0 Å². The highest BCUT2D eigenvalue weighted by Gasteiger charge is 2.31. The predicted molar refractivity (Wildman–Crippen MR) is 149 cm³/mol. The monoisotopic (exact) mass is 479 g/mol. The molecule has 2 aromatic carbocycles. The fourth-order valence-electron chi connectivity index (χ4n) is 5.47. The van der Waals surface area contributed by atoms with E-state index in [0.29, 0.717) is 5.95 Å². The molecule has 0 amide bonds. The molecule has 1 N–H and O–H groups in total. The maximum atomic E-state index is 4.97.